The molecule has 0 saturated carbocycles. The van der Waals surface area contributed by atoms with Crippen LogP contribution in [-0.4, -0.2) is 42.8 Å². The number of ether oxygens (including phenoxy) is 1. The van der Waals surface area contributed by atoms with E-state index in [-0.39, 0.29) is 18.9 Å². The lowest BCUT2D eigenvalue weighted by molar-refractivity contribution is -0.167. The molecule has 1 heterocycles. The summed E-state index contributed by atoms with van der Waals surface area (Å²) in [5.74, 6) is -0.222. The Balaban J connectivity index is 2.26. The van der Waals surface area contributed by atoms with Gasteiger partial charge in [-0.3, -0.25) is 19.9 Å². The Morgan fingerprint density at radius 2 is 2.12 bits per heavy atom. The van der Waals surface area contributed by atoms with Crippen LogP contribution in [0.1, 0.15) is 5.69 Å². The molecule has 2 rings (SSSR count). The highest BCUT2D eigenvalue weighted by atomic mass is 16.7. The molecule has 0 unspecified atom stereocenters. The first kappa shape index (κ1) is 17.4. The molecule has 7 heteroatoms. The molecule has 2 amide bonds. The number of anilines is 1. The second-order valence-electron chi connectivity index (χ2n) is 4.94. The van der Waals surface area contributed by atoms with E-state index in [9.17, 15) is 9.59 Å². The summed E-state index contributed by atoms with van der Waals surface area (Å²) in [4.78, 5) is 33.0. The highest BCUT2D eigenvalue weighted by Gasteiger charge is 2.12. The Kier molecular flexibility index (Phi) is 5.86. The minimum Gasteiger partial charge on any atom is -0.445 e. The van der Waals surface area contributed by atoms with Crippen molar-refractivity contribution < 1.29 is 19.2 Å². The van der Waals surface area contributed by atoms with E-state index in [0.29, 0.717) is 16.9 Å². The Labute approximate surface area is 139 Å². The van der Waals surface area contributed by atoms with Gasteiger partial charge in [0.05, 0.1) is 30.4 Å². The van der Waals surface area contributed by atoms with Crippen molar-refractivity contribution in [3.8, 4) is 0 Å². The van der Waals surface area contributed by atoms with Gasteiger partial charge in [-0.05, 0) is 12.1 Å². The van der Waals surface area contributed by atoms with E-state index < -0.39 is 6.09 Å². The summed E-state index contributed by atoms with van der Waals surface area (Å²) >= 11 is 0. The van der Waals surface area contributed by atoms with Gasteiger partial charge in [0.15, 0.2) is 0 Å². The molecule has 0 aliphatic carbocycles. The minimum atomic E-state index is -0.593. The van der Waals surface area contributed by atoms with Crippen LogP contribution in [0.15, 0.2) is 43.0 Å². The van der Waals surface area contributed by atoms with E-state index in [1.54, 1.807) is 18.2 Å². The van der Waals surface area contributed by atoms with Gasteiger partial charge < -0.3 is 4.74 Å². The molecular weight excluding hydrogens is 310 g/mol. The van der Waals surface area contributed by atoms with Gasteiger partial charge in [0, 0.05) is 12.4 Å². The van der Waals surface area contributed by atoms with Crippen LogP contribution in [0.2, 0.25) is 0 Å². The smallest absolute Gasteiger partial charge is 0.412 e. The molecular formula is C17H19N3O4. The molecule has 0 bridgehead atoms. The molecule has 7 nitrogen and oxygen atoms in total. The number of carbonyl (C=O) groups excluding carboxylic acids is 2. The Bertz CT molecular complexity index is 761. The number of pyridine rings is 1. The largest absolute Gasteiger partial charge is 0.445 e. The molecule has 0 radical (unpaired) electrons. The summed E-state index contributed by atoms with van der Waals surface area (Å²) in [5.41, 5.74) is 1.67. The van der Waals surface area contributed by atoms with Gasteiger partial charge in [-0.2, -0.15) is 0 Å². The number of hydroxylamine groups is 2. The number of amides is 2. The topological polar surface area (TPSA) is 80.8 Å². The average molecular weight is 329 g/mol. The number of para-hydroxylation sites is 1. The van der Waals surface area contributed by atoms with Crippen molar-refractivity contribution in [3.63, 3.8) is 0 Å². The lowest BCUT2D eigenvalue weighted by Gasteiger charge is -2.13. The first-order valence-corrected chi connectivity index (χ1v) is 7.29. The zero-order chi connectivity index (χ0) is 17.5. The fraction of sp³-hybridized carbons (Fsp3) is 0.235. The van der Waals surface area contributed by atoms with Crippen molar-refractivity contribution in [3.05, 3.63) is 48.7 Å². The molecule has 1 aromatic heterocycles. The molecule has 1 N–H and O–H groups in total. The minimum absolute atomic E-state index is 0.0928. The summed E-state index contributed by atoms with van der Waals surface area (Å²) < 4.78 is 4.91. The number of rotatable bonds is 6. The van der Waals surface area contributed by atoms with Gasteiger partial charge in [0.2, 0.25) is 0 Å². The zero-order valence-electron chi connectivity index (χ0n) is 13.6. The number of aromatic nitrogens is 1. The third-order valence-corrected chi connectivity index (χ3v) is 3.30. The van der Waals surface area contributed by atoms with Crippen molar-refractivity contribution >= 4 is 28.6 Å². The van der Waals surface area contributed by atoms with Crippen LogP contribution in [0, 0.1) is 0 Å². The number of nitrogens with one attached hydrogen (secondary N) is 1. The second-order valence-corrected chi connectivity index (χ2v) is 4.94. The van der Waals surface area contributed by atoms with E-state index in [1.807, 2.05) is 12.1 Å². The average Bonchev–Trinajstić information content (AvgIpc) is 2.59. The van der Waals surface area contributed by atoms with Crippen LogP contribution in [0.4, 0.5) is 10.5 Å². The Morgan fingerprint density at radius 1 is 1.33 bits per heavy atom. The second kappa shape index (κ2) is 8.07. The number of fused-ring (bicyclic) bond motifs is 1. The van der Waals surface area contributed by atoms with Gasteiger partial charge in [-0.25, -0.2) is 9.86 Å². The summed E-state index contributed by atoms with van der Waals surface area (Å²) in [7, 11) is 2.95. The van der Waals surface area contributed by atoms with E-state index in [2.05, 4.69) is 16.9 Å². The van der Waals surface area contributed by atoms with Crippen molar-refractivity contribution in [2.75, 3.05) is 26.1 Å². The highest BCUT2D eigenvalue weighted by molar-refractivity contribution is 5.98. The summed E-state index contributed by atoms with van der Waals surface area (Å²) in [5, 5.41) is 4.62. The number of nitrogens with zero attached hydrogens (tertiary/aromatic N) is 2. The number of hydrogen-bond acceptors (Lipinski definition) is 5. The predicted octanol–water partition coefficient (Wildman–Crippen LogP) is 2.53. The lowest BCUT2D eigenvalue weighted by Crippen LogP contribution is -2.27. The maximum Gasteiger partial charge on any atom is 0.412 e. The molecule has 2 aromatic rings. The molecule has 0 aliphatic rings. The fourth-order valence-corrected chi connectivity index (χ4v) is 2.04. The molecule has 0 aliphatic heterocycles. The summed E-state index contributed by atoms with van der Waals surface area (Å²) in [6.07, 6.45) is 0.983. The quantitative estimate of drug-likeness (QED) is 0.650. The maximum atomic E-state index is 11.9. The van der Waals surface area contributed by atoms with Gasteiger partial charge in [0.25, 0.3) is 5.91 Å². The molecule has 0 saturated heterocycles. The number of hydrogen-bond donors (Lipinski definition) is 1. The molecule has 126 valence electrons. The van der Waals surface area contributed by atoms with Crippen LogP contribution < -0.4 is 5.32 Å². The first-order chi connectivity index (χ1) is 11.5. The fourth-order valence-electron chi connectivity index (χ4n) is 2.04. The van der Waals surface area contributed by atoms with E-state index in [1.165, 1.54) is 20.2 Å². The summed E-state index contributed by atoms with van der Waals surface area (Å²) in [6.45, 7) is 3.60. The monoisotopic (exact) mass is 329 g/mol. The van der Waals surface area contributed by atoms with Gasteiger partial charge in [-0.1, -0.05) is 30.9 Å². The highest BCUT2D eigenvalue weighted by Crippen LogP contribution is 2.22. The summed E-state index contributed by atoms with van der Waals surface area (Å²) in [6, 6.07) is 9.01. The molecule has 0 spiro atoms. The maximum absolute atomic E-state index is 11.9. The normalized spacial score (nSPS) is 10.2. The van der Waals surface area contributed by atoms with Crippen LogP contribution in [-0.2, 0) is 20.8 Å². The number of benzene rings is 1. The van der Waals surface area contributed by atoms with Crippen molar-refractivity contribution in [2.45, 2.75) is 6.42 Å². The SMILES string of the molecule is C=CCOC(=O)Nc1cccc2ccc(CC(=O)N(C)OC)nc12. The van der Waals surface area contributed by atoms with E-state index in [4.69, 9.17) is 9.57 Å². The third kappa shape index (κ3) is 4.30. The van der Waals surface area contributed by atoms with E-state index >= 15 is 0 Å². The van der Waals surface area contributed by atoms with Gasteiger partial charge >= 0.3 is 6.09 Å². The van der Waals surface area contributed by atoms with Crippen LogP contribution in [0.3, 0.4) is 0 Å². The van der Waals surface area contributed by atoms with Crippen molar-refractivity contribution in [1.29, 1.82) is 0 Å². The third-order valence-electron chi connectivity index (χ3n) is 3.30. The molecule has 0 fully saturated rings. The lowest BCUT2D eigenvalue weighted by atomic mass is 10.1. The van der Waals surface area contributed by atoms with E-state index in [0.717, 1.165) is 10.4 Å². The van der Waals surface area contributed by atoms with Crippen LogP contribution >= 0.6 is 0 Å². The van der Waals surface area contributed by atoms with Crippen LogP contribution in [0.5, 0.6) is 0 Å². The van der Waals surface area contributed by atoms with Crippen LogP contribution in [0.25, 0.3) is 10.9 Å². The van der Waals surface area contributed by atoms with Gasteiger partial charge in [0.1, 0.15) is 6.61 Å². The van der Waals surface area contributed by atoms with Crippen molar-refractivity contribution in [1.82, 2.24) is 10.0 Å². The van der Waals surface area contributed by atoms with Crippen molar-refractivity contribution in [2.24, 2.45) is 0 Å². The standard InChI is InChI=1S/C17H19N3O4/c1-4-10-24-17(22)19-14-7-5-6-12-8-9-13(18-16(12)14)11-15(21)20(2)23-3/h4-9H,1,10-11H2,2-3H3,(H,19,22). The molecule has 24 heavy (non-hydrogen) atoms. The Morgan fingerprint density at radius 3 is 2.83 bits per heavy atom. The molecule has 0 atom stereocenters. The first-order valence-electron chi connectivity index (χ1n) is 7.29. The molecule has 1 aromatic carbocycles. The number of likely N-dealkylation sites (N-methyl/N-ethyl adjacent to an activating group) is 1. The zero-order valence-corrected chi connectivity index (χ0v) is 13.6. The number of carbonyl (C=O) groups is 2. The predicted molar refractivity (Wildman–Crippen MR) is 90.4 cm³/mol. The van der Waals surface area contributed by atoms with Gasteiger partial charge in [-0.15, -0.1) is 0 Å². The Hall–Kier alpha value is -2.93.